The molecule has 1 aromatic carbocycles. The minimum Gasteiger partial charge on any atom is -0.477 e. The van der Waals surface area contributed by atoms with Crippen molar-refractivity contribution in [3.63, 3.8) is 0 Å². The summed E-state index contributed by atoms with van der Waals surface area (Å²) >= 11 is 1.35. The molecule has 2 amide bonds. The minimum atomic E-state index is -1.23. The SMILES string of the molecule is CC(=O)OCCC1=C(C(=O)O)N2C(=O)[C@@H](NC(=O)[C@H](N)c3ccccc3)[C@H]2SC1. The zero-order valence-corrected chi connectivity index (χ0v) is 16.5. The number of esters is 1. The topological polar surface area (TPSA) is 139 Å². The molecule has 9 nitrogen and oxygen atoms in total. The van der Waals surface area contributed by atoms with Crippen molar-refractivity contribution in [1.29, 1.82) is 0 Å². The van der Waals surface area contributed by atoms with Crippen LogP contribution in [0, 0.1) is 0 Å². The highest BCUT2D eigenvalue weighted by Crippen LogP contribution is 2.41. The molecule has 29 heavy (non-hydrogen) atoms. The number of rotatable bonds is 7. The molecule has 3 rings (SSSR count). The van der Waals surface area contributed by atoms with Gasteiger partial charge in [-0.1, -0.05) is 30.3 Å². The number of carbonyl (C=O) groups is 4. The van der Waals surface area contributed by atoms with Gasteiger partial charge in [0.15, 0.2) is 0 Å². The van der Waals surface area contributed by atoms with Crippen molar-refractivity contribution in [2.45, 2.75) is 30.8 Å². The van der Waals surface area contributed by atoms with Crippen molar-refractivity contribution in [3.05, 3.63) is 47.2 Å². The third-order valence-electron chi connectivity index (χ3n) is 4.70. The number of carboxylic acids is 1. The summed E-state index contributed by atoms with van der Waals surface area (Å²) in [6.07, 6.45) is 0.223. The van der Waals surface area contributed by atoms with Crippen molar-refractivity contribution in [3.8, 4) is 0 Å². The number of carbonyl (C=O) groups excluding carboxylic acids is 3. The molecule has 2 aliphatic heterocycles. The molecule has 0 radical (unpaired) electrons. The van der Waals surface area contributed by atoms with Gasteiger partial charge in [0.1, 0.15) is 23.2 Å². The van der Waals surface area contributed by atoms with Crippen LogP contribution in [-0.4, -0.2) is 57.5 Å². The number of nitrogens with two attached hydrogens (primary N) is 1. The van der Waals surface area contributed by atoms with Gasteiger partial charge in [0.2, 0.25) is 5.91 Å². The van der Waals surface area contributed by atoms with Crippen LogP contribution in [0.2, 0.25) is 0 Å². The number of nitrogens with one attached hydrogen (secondary N) is 1. The molecule has 1 aromatic rings. The lowest BCUT2D eigenvalue weighted by Crippen LogP contribution is -2.71. The first kappa shape index (κ1) is 20.9. The zero-order chi connectivity index (χ0) is 21.1. The Labute approximate surface area is 171 Å². The Bertz CT molecular complexity index is 872. The Morgan fingerprint density at radius 3 is 2.66 bits per heavy atom. The molecule has 10 heteroatoms. The molecule has 0 unspecified atom stereocenters. The number of aliphatic carboxylic acids is 1. The number of thioether (sulfide) groups is 1. The molecule has 3 atom stereocenters. The number of hydrogen-bond donors (Lipinski definition) is 3. The summed E-state index contributed by atoms with van der Waals surface area (Å²) in [4.78, 5) is 48.9. The molecular weight excluding hydrogens is 398 g/mol. The van der Waals surface area contributed by atoms with Gasteiger partial charge in [-0.25, -0.2) is 4.79 Å². The second kappa shape index (κ2) is 8.66. The summed E-state index contributed by atoms with van der Waals surface area (Å²) in [7, 11) is 0. The highest BCUT2D eigenvalue weighted by atomic mass is 32.2. The molecule has 0 aromatic heterocycles. The Hall–Kier alpha value is -2.85. The Balaban J connectivity index is 1.69. The molecule has 2 aliphatic rings. The van der Waals surface area contributed by atoms with Crippen LogP contribution in [0.1, 0.15) is 24.9 Å². The molecule has 4 N–H and O–H groups in total. The molecule has 2 heterocycles. The lowest BCUT2D eigenvalue weighted by molar-refractivity contribution is -0.151. The number of ether oxygens (including phenoxy) is 1. The maximum absolute atomic E-state index is 12.6. The van der Waals surface area contributed by atoms with Crippen LogP contribution in [0.15, 0.2) is 41.6 Å². The number of carboxylic acid groups (broad SMARTS) is 1. The van der Waals surface area contributed by atoms with E-state index in [1.807, 2.05) is 0 Å². The highest BCUT2D eigenvalue weighted by Gasteiger charge is 2.54. The fourth-order valence-electron chi connectivity index (χ4n) is 3.25. The van der Waals surface area contributed by atoms with Gasteiger partial charge < -0.3 is 20.9 Å². The van der Waals surface area contributed by atoms with Crippen LogP contribution in [0.4, 0.5) is 0 Å². The molecule has 1 saturated heterocycles. The lowest BCUT2D eigenvalue weighted by Gasteiger charge is -2.49. The van der Waals surface area contributed by atoms with Crippen molar-refractivity contribution in [2.24, 2.45) is 5.73 Å². The Morgan fingerprint density at radius 2 is 2.03 bits per heavy atom. The van der Waals surface area contributed by atoms with Crippen LogP contribution in [-0.2, 0) is 23.9 Å². The smallest absolute Gasteiger partial charge is 0.352 e. The maximum Gasteiger partial charge on any atom is 0.352 e. The number of β-lactam (4-membered cyclic amide) rings is 1. The summed E-state index contributed by atoms with van der Waals surface area (Å²) < 4.78 is 4.87. The maximum atomic E-state index is 12.6. The minimum absolute atomic E-state index is 0.0425. The van der Waals surface area contributed by atoms with E-state index >= 15 is 0 Å². The van der Waals surface area contributed by atoms with Crippen molar-refractivity contribution >= 4 is 35.5 Å². The lowest BCUT2D eigenvalue weighted by atomic mass is 10.0. The second-order valence-corrected chi connectivity index (χ2v) is 7.74. The van der Waals surface area contributed by atoms with E-state index in [0.29, 0.717) is 16.9 Å². The van der Waals surface area contributed by atoms with Crippen LogP contribution < -0.4 is 11.1 Å². The summed E-state index contributed by atoms with van der Waals surface area (Å²) in [6.45, 7) is 1.31. The van der Waals surface area contributed by atoms with E-state index in [2.05, 4.69) is 5.32 Å². The Morgan fingerprint density at radius 1 is 1.34 bits per heavy atom. The third-order valence-corrected chi connectivity index (χ3v) is 6.04. The summed E-state index contributed by atoms with van der Waals surface area (Å²) in [5.74, 6) is -2.34. The van der Waals surface area contributed by atoms with E-state index in [9.17, 15) is 24.3 Å². The van der Waals surface area contributed by atoms with Gasteiger partial charge in [-0.05, 0) is 11.1 Å². The standard InChI is InChI=1S/C19H21N3O6S/c1-10(23)28-8-7-12-9-29-18-14(17(25)22(18)15(12)19(26)27)21-16(24)13(20)11-5-3-2-4-6-11/h2-6,13-14,18H,7-9,20H2,1H3,(H,21,24)(H,26,27)/t13-,14-,18-/m1/s1. The van der Waals surface area contributed by atoms with E-state index in [1.54, 1.807) is 30.3 Å². The number of nitrogens with zero attached hydrogens (tertiary/aromatic N) is 1. The average molecular weight is 419 g/mol. The van der Waals surface area contributed by atoms with E-state index in [4.69, 9.17) is 10.5 Å². The highest BCUT2D eigenvalue weighted by molar-refractivity contribution is 8.00. The van der Waals surface area contributed by atoms with Gasteiger partial charge in [-0.3, -0.25) is 19.3 Å². The van der Waals surface area contributed by atoms with E-state index < -0.39 is 41.2 Å². The van der Waals surface area contributed by atoms with Gasteiger partial charge in [0.25, 0.3) is 5.91 Å². The molecule has 0 saturated carbocycles. The van der Waals surface area contributed by atoms with Crippen molar-refractivity contribution in [1.82, 2.24) is 10.2 Å². The van der Waals surface area contributed by atoms with Gasteiger partial charge in [-0.15, -0.1) is 11.8 Å². The van der Waals surface area contributed by atoms with Crippen LogP contribution in [0.5, 0.6) is 0 Å². The van der Waals surface area contributed by atoms with Crippen LogP contribution in [0.3, 0.4) is 0 Å². The zero-order valence-electron chi connectivity index (χ0n) is 15.7. The molecular formula is C19H21N3O6S. The van der Waals surface area contributed by atoms with Gasteiger partial charge in [-0.2, -0.15) is 0 Å². The number of hydrogen-bond acceptors (Lipinski definition) is 7. The van der Waals surface area contributed by atoms with Crippen LogP contribution in [0.25, 0.3) is 0 Å². The summed E-state index contributed by atoms with van der Waals surface area (Å²) in [5, 5.41) is 11.7. The van der Waals surface area contributed by atoms with Crippen molar-refractivity contribution in [2.75, 3.05) is 12.4 Å². The first-order valence-corrected chi connectivity index (χ1v) is 10.0. The van der Waals surface area contributed by atoms with Crippen molar-refractivity contribution < 1.29 is 29.0 Å². The van der Waals surface area contributed by atoms with Gasteiger partial charge in [0.05, 0.1) is 6.61 Å². The van der Waals surface area contributed by atoms with Crippen LogP contribution >= 0.6 is 11.8 Å². The fraction of sp³-hybridized carbons (Fsp3) is 0.368. The molecule has 1 fully saturated rings. The number of benzene rings is 1. The first-order valence-electron chi connectivity index (χ1n) is 8.95. The number of amides is 2. The molecule has 0 bridgehead atoms. The molecule has 154 valence electrons. The molecule has 0 aliphatic carbocycles. The second-order valence-electron chi connectivity index (χ2n) is 6.63. The summed E-state index contributed by atoms with van der Waals surface area (Å²) in [5.41, 5.74) is 6.99. The van der Waals surface area contributed by atoms with E-state index in [-0.39, 0.29) is 18.7 Å². The van der Waals surface area contributed by atoms with E-state index in [0.717, 1.165) is 0 Å². The normalized spacial score (nSPS) is 21.7. The monoisotopic (exact) mass is 419 g/mol. The average Bonchev–Trinajstić information content (AvgIpc) is 2.70. The summed E-state index contributed by atoms with van der Waals surface area (Å²) in [6, 6.07) is 6.99. The van der Waals surface area contributed by atoms with Gasteiger partial charge >= 0.3 is 11.9 Å². The predicted octanol–water partition coefficient (Wildman–Crippen LogP) is 0.378. The number of fused-ring (bicyclic) bond motifs is 1. The quantitative estimate of drug-likeness (QED) is 0.426. The van der Waals surface area contributed by atoms with E-state index in [1.165, 1.54) is 23.6 Å². The predicted molar refractivity (Wildman–Crippen MR) is 104 cm³/mol. The first-order chi connectivity index (χ1) is 13.8. The fourth-order valence-corrected chi connectivity index (χ4v) is 4.64. The third kappa shape index (κ3) is 4.28. The largest absolute Gasteiger partial charge is 0.477 e. The Kier molecular flexibility index (Phi) is 6.23. The molecule has 0 spiro atoms. The van der Waals surface area contributed by atoms with Gasteiger partial charge in [0, 0.05) is 19.1 Å².